The topological polar surface area (TPSA) is 69.2 Å². The second-order valence-corrected chi connectivity index (χ2v) is 16.6. The molecule has 3 rings (SSSR count). The molecule has 0 heterocycles. The summed E-state index contributed by atoms with van der Waals surface area (Å²) in [4.78, 5) is 0. The van der Waals surface area contributed by atoms with Gasteiger partial charge in [0.05, 0.1) is 54.2 Å². The van der Waals surface area contributed by atoms with Crippen LogP contribution >= 0.6 is 0 Å². The Morgan fingerprint density at radius 2 is 0.408 bits per heavy atom. The SMILES string of the molecule is C[S+](C)Cc1c(F)c(F)c(F)c(F)c1F.C[S+](C)Cc1c(F)c(F)c(F)c(F)c1F.C[S+](C)Cc1c(F)c(F)c(F)c(F)c1F.[O-]B([O-])[O-]. The van der Waals surface area contributed by atoms with Crippen LogP contribution in [0.15, 0.2) is 0 Å². The van der Waals surface area contributed by atoms with Crippen LogP contribution in [-0.2, 0) is 49.9 Å². The van der Waals surface area contributed by atoms with Crippen molar-refractivity contribution in [1.29, 1.82) is 0 Å². The molecule has 276 valence electrons. The Morgan fingerprint density at radius 3 is 0.510 bits per heavy atom. The van der Waals surface area contributed by atoms with Gasteiger partial charge < -0.3 is 15.1 Å². The molecule has 3 aromatic rings. The number of halogens is 15. The molecule has 49 heavy (non-hydrogen) atoms. The molecule has 0 aliphatic heterocycles. The van der Waals surface area contributed by atoms with E-state index >= 15 is 0 Å². The van der Waals surface area contributed by atoms with E-state index in [0.29, 0.717) is 0 Å². The average molecular weight is 788 g/mol. The Bertz CT molecular complexity index is 1330. The minimum Gasteiger partial charge on any atom is -0.907 e. The van der Waals surface area contributed by atoms with Gasteiger partial charge in [-0.1, -0.05) is 0 Å². The maximum absolute atomic E-state index is 13.0. The molecule has 0 spiro atoms. The zero-order valence-corrected chi connectivity index (χ0v) is 28.3. The lowest BCUT2D eigenvalue weighted by Gasteiger charge is -2.35. The summed E-state index contributed by atoms with van der Waals surface area (Å²) in [6, 6.07) is 0. The molecule has 0 saturated carbocycles. The maximum atomic E-state index is 13.0. The summed E-state index contributed by atoms with van der Waals surface area (Å²) in [6.07, 6.45) is 9.91. The molecule has 0 atom stereocenters. The third-order valence-corrected chi connectivity index (χ3v) is 7.80. The van der Waals surface area contributed by atoms with Gasteiger partial charge in [-0.05, 0) is 32.7 Å². The fraction of sp³-hybridized carbons (Fsp3) is 0.333. The van der Waals surface area contributed by atoms with Crippen LogP contribution in [-0.4, -0.2) is 44.9 Å². The lowest BCUT2D eigenvalue weighted by atomic mass is 10.2. The highest BCUT2D eigenvalue weighted by Crippen LogP contribution is 2.26. The van der Waals surface area contributed by atoms with Crippen LogP contribution < -0.4 is 15.1 Å². The molecular formula is C27H24BF15O3S3. The van der Waals surface area contributed by atoms with Gasteiger partial charge in [-0.3, -0.25) is 7.32 Å². The first-order valence-corrected chi connectivity index (χ1v) is 19.0. The van der Waals surface area contributed by atoms with Crippen LogP contribution in [0.5, 0.6) is 0 Å². The number of hydrogen-bond donors (Lipinski definition) is 0. The van der Waals surface area contributed by atoms with Gasteiger partial charge in [0.1, 0.15) is 17.3 Å². The third-order valence-electron chi connectivity index (χ3n) is 5.20. The highest BCUT2D eigenvalue weighted by atomic mass is 32.2. The summed E-state index contributed by atoms with van der Waals surface area (Å²) in [5.74, 6) is -28.5. The van der Waals surface area contributed by atoms with E-state index in [1.165, 1.54) is 0 Å². The predicted molar refractivity (Wildman–Crippen MR) is 153 cm³/mol. The van der Waals surface area contributed by atoms with E-state index in [9.17, 15) is 65.9 Å². The Morgan fingerprint density at radius 1 is 0.306 bits per heavy atom. The molecule has 3 aromatic carbocycles. The molecule has 0 saturated heterocycles. The van der Waals surface area contributed by atoms with E-state index in [0.717, 1.165) is 0 Å². The molecular weight excluding hydrogens is 764 g/mol. The highest BCUT2D eigenvalue weighted by molar-refractivity contribution is 7.95. The Kier molecular flexibility index (Phi) is 19.5. The molecule has 0 aromatic heterocycles. The molecule has 3 nitrogen and oxygen atoms in total. The molecule has 0 radical (unpaired) electrons. The first kappa shape index (κ1) is 46.6. The van der Waals surface area contributed by atoms with Crippen molar-refractivity contribution in [3.8, 4) is 0 Å². The van der Waals surface area contributed by atoms with E-state index in [2.05, 4.69) is 0 Å². The smallest absolute Gasteiger partial charge is 0.200 e. The van der Waals surface area contributed by atoms with Gasteiger partial charge >= 0.3 is 0 Å². The number of hydrogen-bond acceptors (Lipinski definition) is 3. The first-order valence-electron chi connectivity index (χ1n) is 12.4. The van der Waals surface area contributed by atoms with Crippen LogP contribution in [0.3, 0.4) is 0 Å². The van der Waals surface area contributed by atoms with E-state index in [1.807, 2.05) is 0 Å². The summed E-state index contributed by atoms with van der Waals surface area (Å²) >= 11 is 0. The summed E-state index contributed by atoms with van der Waals surface area (Å²) in [7, 11) is -4.25. The Hall–Kier alpha value is -2.40. The zero-order valence-electron chi connectivity index (χ0n) is 25.8. The first-order chi connectivity index (χ1) is 22.3. The average Bonchev–Trinajstić information content (AvgIpc) is 3.01. The van der Waals surface area contributed by atoms with Crippen LogP contribution in [0.2, 0.25) is 0 Å². The molecule has 0 bridgehead atoms. The quantitative estimate of drug-likeness (QED) is 0.123. The number of benzene rings is 3. The summed E-state index contributed by atoms with van der Waals surface area (Å²) in [6.45, 7) is 0. The van der Waals surface area contributed by atoms with Crippen molar-refractivity contribution in [3.05, 3.63) is 104 Å². The zero-order chi connectivity index (χ0) is 38.8. The summed E-state index contributed by atoms with van der Waals surface area (Å²) in [5.41, 5.74) is -2.21. The van der Waals surface area contributed by atoms with Gasteiger partial charge in [-0.15, -0.1) is 0 Å². The van der Waals surface area contributed by atoms with Gasteiger partial charge in [0.2, 0.25) is 17.5 Å². The fourth-order valence-electron chi connectivity index (χ4n) is 3.20. The van der Waals surface area contributed by atoms with Crippen molar-refractivity contribution in [2.45, 2.75) is 17.3 Å². The van der Waals surface area contributed by atoms with Crippen LogP contribution in [0, 0.1) is 87.3 Å². The third kappa shape index (κ3) is 13.0. The molecule has 0 unspecified atom stereocenters. The normalized spacial score (nSPS) is 10.8. The molecule has 0 aliphatic carbocycles. The second-order valence-electron chi connectivity index (χ2n) is 9.82. The van der Waals surface area contributed by atoms with Crippen molar-refractivity contribution in [1.82, 2.24) is 0 Å². The van der Waals surface area contributed by atoms with Crippen molar-refractivity contribution in [2.24, 2.45) is 0 Å². The molecule has 22 heteroatoms. The minimum absolute atomic E-state index is 0.161. The van der Waals surface area contributed by atoms with E-state index in [1.54, 1.807) is 37.5 Å². The van der Waals surface area contributed by atoms with Gasteiger partial charge in [0, 0.05) is 0 Å². The molecule has 0 amide bonds. The Balaban J connectivity index is 0.000000667. The summed E-state index contributed by atoms with van der Waals surface area (Å²) in [5, 5.41) is 25.2. The van der Waals surface area contributed by atoms with Crippen LogP contribution in [0.4, 0.5) is 65.9 Å². The molecule has 0 fully saturated rings. The largest absolute Gasteiger partial charge is 0.907 e. The fourth-order valence-corrected chi connectivity index (χ4v) is 5.69. The van der Waals surface area contributed by atoms with Crippen molar-refractivity contribution in [3.63, 3.8) is 0 Å². The van der Waals surface area contributed by atoms with Crippen molar-refractivity contribution >= 4 is 40.0 Å². The summed E-state index contributed by atoms with van der Waals surface area (Å²) < 4.78 is 192. The van der Waals surface area contributed by atoms with Gasteiger partial charge in [-0.25, -0.2) is 65.9 Å². The monoisotopic (exact) mass is 788 g/mol. The lowest BCUT2D eigenvalue weighted by molar-refractivity contribution is -0.479. The minimum atomic E-state index is -2.92. The van der Waals surface area contributed by atoms with Crippen molar-refractivity contribution < 1.29 is 80.9 Å². The maximum Gasteiger partial charge on any atom is 0.200 e. The standard InChI is InChI=1S/3C9H8F5S.BO3/c3*1-15(2)3-4-5(10)7(12)9(14)8(13)6(4)11;2-1(3)4/h3*3H2,1-2H3;/q3*+1;-3. The van der Waals surface area contributed by atoms with Gasteiger partial charge in [-0.2, -0.15) is 0 Å². The molecule has 0 N–H and O–H groups in total. The van der Waals surface area contributed by atoms with Crippen LogP contribution in [0.1, 0.15) is 16.7 Å². The highest BCUT2D eigenvalue weighted by Gasteiger charge is 2.30. The number of rotatable bonds is 6. The van der Waals surface area contributed by atoms with E-state index in [-0.39, 0.29) is 17.3 Å². The lowest BCUT2D eigenvalue weighted by Crippen LogP contribution is -2.56. The van der Waals surface area contributed by atoms with Gasteiger partial charge in [0.25, 0.3) is 0 Å². The van der Waals surface area contributed by atoms with Crippen LogP contribution in [0.25, 0.3) is 0 Å². The molecule has 0 aliphatic rings. The van der Waals surface area contributed by atoms with E-state index < -0.39 is 144 Å². The predicted octanol–water partition coefficient (Wildman–Crippen LogP) is 4.33. The van der Waals surface area contributed by atoms with E-state index in [4.69, 9.17) is 15.1 Å². The Labute approximate surface area is 279 Å². The second kappa shape index (κ2) is 20.5. The van der Waals surface area contributed by atoms with Crippen molar-refractivity contribution in [2.75, 3.05) is 37.5 Å². The van der Waals surface area contributed by atoms with Gasteiger partial charge in [0.15, 0.2) is 69.8 Å².